The zero-order chi connectivity index (χ0) is 24.8. The normalized spacial score (nSPS) is 21.9. The lowest BCUT2D eigenvalue weighted by atomic mass is 9.96. The van der Waals surface area contributed by atoms with Crippen LogP contribution in [0, 0.1) is 0 Å². The first-order valence-electron chi connectivity index (χ1n) is 12.2. The van der Waals surface area contributed by atoms with Crippen LogP contribution in [-0.4, -0.2) is 61.3 Å². The van der Waals surface area contributed by atoms with E-state index in [9.17, 15) is 9.59 Å². The van der Waals surface area contributed by atoms with Crippen molar-refractivity contribution in [1.82, 2.24) is 15.6 Å². The van der Waals surface area contributed by atoms with Crippen LogP contribution in [0.2, 0.25) is 5.02 Å². The van der Waals surface area contributed by atoms with Gasteiger partial charge in [-0.2, -0.15) is 0 Å². The lowest BCUT2D eigenvalue weighted by Crippen LogP contribution is -2.53. The molecular formula is C26H33ClN4O4. The van der Waals surface area contributed by atoms with Gasteiger partial charge in [0.1, 0.15) is 11.6 Å². The number of carbonyl (C=O) groups is 2. The molecule has 2 bridgehead atoms. The van der Waals surface area contributed by atoms with Crippen molar-refractivity contribution < 1.29 is 19.1 Å². The number of hydrogen-bond donors (Lipinski definition) is 2. The van der Waals surface area contributed by atoms with Gasteiger partial charge in [-0.25, -0.2) is 4.98 Å². The SMILES string of the molecule is CCC(Oc1ccc(Cl)cc1)C(=O)N[C@H]1C[C@H]2CC[C@@H](C1)N2c1ccc(C(=O)NCCOC)cn1. The fraction of sp³-hybridized carbons (Fsp3) is 0.500. The number of rotatable bonds is 10. The highest BCUT2D eigenvalue weighted by Crippen LogP contribution is 2.38. The molecule has 0 radical (unpaired) electrons. The Balaban J connectivity index is 1.33. The number of ether oxygens (including phenoxy) is 2. The molecule has 2 aliphatic heterocycles. The molecule has 1 aromatic heterocycles. The summed E-state index contributed by atoms with van der Waals surface area (Å²) in [6, 6.07) is 11.5. The van der Waals surface area contributed by atoms with Crippen LogP contribution in [-0.2, 0) is 9.53 Å². The second-order valence-corrected chi connectivity index (χ2v) is 9.53. The maximum Gasteiger partial charge on any atom is 0.261 e. The Bertz CT molecular complexity index is 987. The summed E-state index contributed by atoms with van der Waals surface area (Å²) in [7, 11) is 1.60. The van der Waals surface area contributed by atoms with Crippen LogP contribution in [0.4, 0.5) is 5.82 Å². The topological polar surface area (TPSA) is 92.8 Å². The third-order valence-electron chi connectivity index (χ3n) is 6.70. The van der Waals surface area contributed by atoms with Gasteiger partial charge < -0.3 is 25.0 Å². The molecule has 2 aliphatic rings. The Hall–Kier alpha value is -2.84. The minimum atomic E-state index is -0.545. The molecule has 2 fully saturated rings. The molecule has 2 aromatic rings. The van der Waals surface area contributed by atoms with Crippen molar-refractivity contribution in [2.45, 2.75) is 63.3 Å². The van der Waals surface area contributed by atoms with Gasteiger partial charge in [-0.1, -0.05) is 18.5 Å². The number of halogens is 1. The van der Waals surface area contributed by atoms with Crippen LogP contribution in [0.1, 0.15) is 49.4 Å². The maximum atomic E-state index is 13.0. The number of pyridine rings is 1. The van der Waals surface area contributed by atoms with Gasteiger partial charge in [0, 0.05) is 43.0 Å². The molecule has 1 aromatic carbocycles. The highest BCUT2D eigenvalue weighted by molar-refractivity contribution is 6.30. The fourth-order valence-corrected chi connectivity index (χ4v) is 5.13. The number of anilines is 1. The van der Waals surface area contributed by atoms with Crippen LogP contribution < -0.4 is 20.3 Å². The lowest BCUT2D eigenvalue weighted by molar-refractivity contribution is -0.129. The number of piperidine rings is 1. The third kappa shape index (κ3) is 6.24. The highest BCUT2D eigenvalue weighted by Gasteiger charge is 2.42. The number of methoxy groups -OCH3 is 1. The van der Waals surface area contributed by atoms with E-state index in [4.69, 9.17) is 21.1 Å². The molecule has 4 atom stereocenters. The van der Waals surface area contributed by atoms with Crippen molar-refractivity contribution in [2.75, 3.05) is 25.2 Å². The zero-order valence-corrected chi connectivity index (χ0v) is 21.0. The van der Waals surface area contributed by atoms with E-state index in [0.717, 1.165) is 31.5 Å². The van der Waals surface area contributed by atoms with Crippen LogP contribution in [0.3, 0.4) is 0 Å². The first-order chi connectivity index (χ1) is 17.0. The van der Waals surface area contributed by atoms with Crippen molar-refractivity contribution in [3.63, 3.8) is 0 Å². The second-order valence-electron chi connectivity index (χ2n) is 9.09. The summed E-state index contributed by atoms with van der Waals surface area (Å²) >= 11 is 5.94. The summed E-state index contributed by atoms with van der Waals surface area (Å²) < 4.78 is 10.9. The van der Waals surface area contributed by atoms with Gasteiger partial charge in [0.25, 0.3) is 11.8 Å². The van der Waals surface area contributed by atoms with Crippen molar-refractivity contribution in [3.8, 4) is 5.75 Å². The summed E-state index contributed by atoms with van der Waals surface area (Å²) in [5.41, 5.74) is 0.533. The standard InChI is InChI=1S/C26H33ClN4O4/c1-3-23(35-22-9-5-18(27)6-10-22)26(33)30-19-14-20-7-8-21(15-19)31(20)24-11-4-17(16-29-24)25(32)28-12-13-34-2/h4-6,9-11,16,19-21,23H,3,7-8,12-15H2,1-2H3,(H,28,32)(H,30,33)/t19-,20+,21-,23?. The summed E-state index contributed by atoms with van der Waals surface area (Å²) in [6.45, 7) is 2.88. The number of carbonyl (C=O) groups excluding carboxylic acids is 2. The molecule has 9 heteroatoms. The van der Waals surface area contributed by atoms with Gasteiger partial charge >= 0.3 is 0 Å². The molecule has 0 spiro atoms. The number of nitrogens with zero attached hydrogens (tertiary/aromatic N) is 2. The largest absolute Gasteiger partial charge is 0.481 e. The van der Waals surface area contributed by atoms with Gasteiger partial charge in [-0.15, -0.1) is 0 Å². The highest BCUT2D eigenvalue weighted by atomic mass is 35.5. The molecule has 2 saturated heterocycles. The summed E-state index contributed by atoms with van der Waals surface area (Å²) in [5, 5.41) is 6.66. The van der Waals surface area contributed by atoms with Crippen LogP contribution >= 0.6 is 11.6 Å². The van der Waals surface area contributed by atoms with Gasteiger partial charge in [0.2, 0.25) is 0 Å². The molecule has 2 N–H and O–H groups in total. The number of hydrogen-bond acceptors (Lipinski definition) is 6. The van der Waals surface area contributed by atoms with Gasteiger partial charge in [0.05, 0.1) is 12.2 Å². The number of fused-ring (bicyclic) bond motifs is 2. The number of nitrogens with one attached hydrogen (secondary N) is 2. The Kier molecular flexibility index (Phi) is 8.46. The molecule has 2 amide bonds. The zero-order valence-electron chi connectivity index (χ0n) is 20.2. The lowest BCUT2D eigenvalue weighted by Gasteiger charge is -2.40. The van der Waals surface area contributed by atoms with E-state index in [1.54, 1.807) is 37.6 Å². The molecule has 1 unspecified atom stereocenters. The molecular weight excluding hydrogens is 468 g/mol. The average Bonchev–Trinajstić information content (AvgIpc) is 3.13. The minimum absolute atomic E-state index is 0.0812. The monoisotopic (exact) mass is 500 g/mol. The van der Waals surface area contributed by atoms with E-state index in [-0.39, 0.29) is 17.9 Å². The van der Waals surface area contributed by atoms with E-state index in [2.05, 4.69) is 20.5 Å². The first kappa shape index (κ1) is 25.3. The maximum absolute atomic E-state index is 13.0. The number of amides is 2. The molecule has 188 valence electrons. The molecule has 4 rings (SSSR count). The second kappa shape index (κ2) is 11.7. The molecule has 35 heavy (non-hydrogen) atoms. The Labute approximate surface area is 211 Å². The Morgan fingerprint density at radius 2 is 1.86 bits per heavy atom. The van der Waals surface area contributed by atoms with E-state index in [1.807, 2.05) is 19.1 Å². The average molecular weight is 501 g/mol. The molecule has 3 heterocycles. The van der Waals surface area contributed by atoms with Crippen molar-refractivity contribution >= 4 is 29.2 Å². The minimum Gasteiger partial charge on any atom is -0.481 e. The summed E-state index contributed by atoms with van der Waals surface area (Å²) in [6.07, 6.45) is 5.52. The molecule has 0 aliphatic carbocycles. The van der Waals surface area contributed by atoms with Crippen LogP contribution in [0.15, 0.2) is 42.6 Å². The predicted octanol–water partition coefficient (Wildman–Crippen LogP) is 3.58. The van der Waals surface area contributed by atoms with E-state index < -0.39 is 6.10 Å². The van der Waals surface area contributed by atoms with Gasteiger partial charge in [0.15, 0.2) is 6.10 Å². The summed E-state index contributed by atoms with van der Waals surface area (Å²) in [5.74, 6) is 1.28. The number of benzene rings is 1. The van der Waals surface area contributed by atoms with E-state index in [1.165, 1.54) is 0 Å². The van der Waals surface area contributed by atoms with Crippen molar-refractivity contribution in [3.05, 3.63) is 53.2 Å². The first-order valence-corrected chi connectivity index (χ1v) is 12.6. The van der Waals surface area contributed by atoms with Gasteiger partial charge in [-0.05, 0) is 68.5 Å². The van der Waals surface area contributed by atoms with Gasteiger partial charge in [-0.3, -0.25) is 9.59 Å². The quantitative estimate of drug-likeness (QED) is 0.484. The van der Waals surface area contributed by atoms with Crippen LogP contribution in [0.5, 0.6) is 5.75 Å². The van der Waals surface area contributed by atoms with E-state index in [0.29, 0.717) is 48.0 Å². The Morgan fingerprint density at radius 1 is 1.14 bits per heavy atom. The summed E-state index contributed by atoms with van der Waals surface area (Å²) in [4.78, 5) is 32.1. The number of aromatic nitrogens is 1. The smallest absolute Gasteiger partial charge is 0.261 e. The van der Waals surface area contributed by atoms with Crippen molar-refractivity contribution in [2.24, 2.45) is 0 Å². The Morgan fingerprint density at radius 3 is 2.46 bits per heavy atom. The molecule has 0 saturated carbocycles. The molecule has 8 nitrogen and oxygen atoms in total. The fourth-order valence-electron chi connectivity index (χ4n) is 5.00. The van der Waals surface area contributed by atoms with Crippen molar-refractivity contribution in [1.29, 1.82) is 0 Å². The predicted molar refractivity (Wildman–Crippen MR) is 135 cm³/mol. The third-order valence-corrected chi connectivity index (χ3v) is 6.95. The van der Waals surface area contributed by atoms with E-state index >= 15 is 0 Å². The van der Waals surface area contributed by atoms with Crippen LogP contribution in [0.25, 0.3) is 0 Å².